The van der Waals surface area contributed by atoms with Gasteiger partial charge >= 0.3 is 6.18 Å². The molecule has 0 aromatic heterocycles. The third kappa shape index (κ3) is 10.0. The van der Waals surface area contributed by atoms with Crippen molar-refractivity contribution in [1.29, 1.82) is 0 Å². The molecule has 0 saturated carbocycles. The van der Waals surface area contributed by atoms with Crippen molar-refractivity contribution in [3.05, 3.63) is 23.3 Å². The lowest BCUT2D eigenvalue weighted by molar-refractivity contribution is -0.138. The van der Waals surface area contributed by atoms with Crippen molar-refractivity contribution in [3.8, 4) is 5.75 Å². The number of hydrogen-bond acceptors (Lipinski definition) is 3. The molecule has 1 saturated heterocycles. The molecule has 1 aromatic rings. The van der Waals surface area contributed by atoms with Crippen LogP contribution >= 0.6 is 0 Å². The lowest BCUT2D eigenvalue weighted by Gasteiger charge is -2.38. The molecule has 2 rings (SSSR count). The molecule has 6 heteroatoms. The number of rotatable bonds is 6. The van der Waals surface area contributed by atoms with Crippen molar-refractivity contribution in [1.82, 2.24) is 4.90 Å². The Morgan fingerprint density at radius 1 is 0.875 bits per heavy atom. The summed E-state index contributed by atoms with van der Waals surface area (Å²) in [6.45, 7) is 23.9. The third-order valence-corrected chi connectivity index (χ3v) is 5.01. The zero-order valence-electron chi connectivity index (χ0n) is 22.5. The molecule has 0 atom stereocenters. The summed E-state index contributed by atoms with van der Waals surface area (Å²) in [6.07, 6.45) is -3.33. The fourth-order valence-corrected chi connectivity index (χ4v) is 3.45. The van der Waals surface area contributed by atoms with Crippen molar-refractivity contribution in [2.75, 3.05) is 44.7 Å². The summed E-state index contributed by atoms with van der Waals surface area (Å²) in [4.78, 5) is 4.19. The average molecular weight is 463 g/mol. The van der Waals surface area contributed by atoms with Gasteiger partial charge in [-0.1, -0.05) is 75.3 Å². The third-order valence-electron chi connectivity index (χ3n) is 5.01. The number of halogens is 3. The molecule has 1 fully saturated rings. The largest absolute Gasteiger partial charge is 0.496 e. The second-order valence-corrected chi connectivity index (χ2v) is 7.75. The molecule has 1 aromatic carbocycles. The van der Waals surface area contributed by atoms with Crippen LogP contribution in [0.1, 0.15) is 92.7 Å². The zero-order chi connectivity index (χ0) is 25.5. The predicted octanol–water partition coefficient (Wildman–Crippen LogP) is 8.08. The van der Waals surface area contributed by atoms with Crippen LogP contribution in [0.15, 0.2) is 12.1 Å². The van der Waals surface area contributed by atoms with Gasteiger partial charge in [-0.2, -0.15) is 13.2 Å². The molecular weight excluding hydrogens is 413 g/mol. The molecule has 1 aliphatic heterocycles. The smallest absolute Gasteiger partial charge is 0.421 e. The molecule has 0 N–H and O–H groups in total. The van der Waals surface area contributed by atoms with Gasteiger partial charge in [-0.25, -0.2) is 0 Å². The minimum absolute atomic E-state index is 0.0343. The first-order chi connectivity index (χ1) is 15.1. The maximum absolute atomic E-state index is 13.9. The molecule has 32 heavy (non-hydrogen) atoms. The number of nitrogens with zero attached hydrogens (tertiary/aromatic N) is 2. The molecule has 0 amide bonds. The molecule has 0 unspecified atom stereocenters. The summed E-state index contributed by atoms with van der Waals surface area (Å²) in [5, 5.41) is 0. The first-order valence-corrected chi connectivity index (χ1v) is 12.4. The highest BCUT2D eigenvalue weighted by Gasteiger charge is 2.40. The van der Waals surface area contributed by atoms with E-state index in [1.165, 1.54) is 7.11 Å². The van der Waals surface area contributed by atoms with Gasteiger partial charge in [0.05, 0.1) is 12.8 Å². The van der Waals surface area contributed by atoms with Gasteiger partial charge in [-0.15, -0.1) is 0 Å². The van der Waals surface area contributed by atoms with Gasteiger partial charge in [0.2, 0.25) is 0 Å². The normalized spacial score (nSPS) is 14.1. The van der Waals surface area contributed by atoms with Gasteiger partial charge in [0.25, 0.3) is 0 Å². The van der Waals surface area contributed by atoms with E-state index < -0.39 is 11.7 Å². The van der Waals surface area contributed by atoms with E-state index in [1.54, 1.807) is 12.1 Å². The van der Waals surface area contributed by atoms with Gasteiger partial charge < -0.3 is 9.64 Å². The van der Waals surface area contributed by atoms with Crippen LogP contribution in [0.3, 0.4) is 0 Å². The van der Waals surface area contributed by atoms with Crippen LogP contribution in [0, 0.1) is 5.92 Å². The van der Waals surface area contributed by atoms with Crippen LogP contribution in [0.5, 0.6) is 5.75 Å². The van der Waals surface area contributed by atoms with E-state index in [-0.39, 0.29) is 17.4 Å². The fourth-order valence-electron chi connectivity index (χ4n) is 3.45. The maximum Gasteiger partial charge on any atom is 0.421 e. The molecule has 3 nitrogen and oxygen atoms in total. The number of alkyl halides is 3. The van der Waals surface area contributed by atoms with E-state index in [0.29, 0.717) is 24.6 Å². The highest BCUT2D eigenvalue weighted by atomic mass is 19.4. The van der Waals surface area contributed by atoms with E-state index in [0.717, 1.165) is 26.1 Å². The Morgan fingerprint density at radius 3 is 1.75 bits per heavy atom. The molecule has 0 spiro atoms. The summed E-state index contributed by atoms with van der Waals surface area (Å²) in [5.74, 6) is 0.568. The number of ether oxygens (including phenoxy) is 1. The van der Waals surface area contributed by atoms with Crippen molar-refractivity contribution in [2.24, 2.45) is 5.92 Å². The van der Waals surface area contributed by atoms with Gasteiger partial charge in [-0.3, -0.25) is 4.90 Å². The van der Waals surface area contributed by atoms with Gasteiger partial charge in [-0.05, 0) is 36.4 Å². The molecular formula is C26H49F3N2O. The van der Waals surface area contributed by atoms with E-state index in [9.17, 15) is 13.2 Å². The second-order valence-electron chi connectivity index (χ2n) is 7.75. The monoisotopic (exact) mass is 462 g/mol. The second kappa shape index (κ2) is 17.1. The number of hydrogen-bond donors (Lipinski definition) is 0. The number of benzene rings is 1. The minimum atomic E-state index is -4.44. The lowest BCUT2D eigenvalue weighted by Crippen LogP contribution is -2.47. The molecule has 1 heterocycles. The van der Waals surface area contributed by atoms with Crippen LogP contribution in [-0.4, -0.2) is 44.7 Å². The minimum Gasteiger partial charge on any atom is -0.496 e. The molecule has 1 aliphatic rings. The SMILES string of the molecule is CC.CC.CC.COc1c(C(C)C)ccc(N2CCN(CCC(C)C)CC2)c1C(F)(F)F. The Kier molecular flexibility index (Phi) is 17.5. The Hall–Kier alpha value is -1.43. The van der Waals surface area contributed by atoms with Crippen molar-refractivity contribution in [2.45, 2.75) is 87.8 Å². The number of anilines is 1. The van der Waals surface area contributed by atoms with Crippen molar-refractivity contribution < 1.29 is 17.9 Å². The van der Waals surface area contributed by atoms with Crippen LogP contribution < -0.4 is 9.64 Å². The Labute approximate surface area is 196 Å². The molecule has 190 valence electrons. The Balaban J connectivity index is 0. The Bertz CT molecular complexity index is 593. The number of methoxy groups -OCH3 is 1. The van der Waals surface area contributed by atoms with E-state index in [4.69, 9.17) is 4.74 Å². The number of piperazine rings is 1. The average Bonchev–Trinajstić information content (AvgIpc) is 2.80. The summed E-state index contributed by atoms with van der Waals surface area (Å²) in [5.41, 5.74) is 0.197. The molecule has 0 radical (unpaired) electrons. The standard InChI is InChI=1S/C20H31F3N2O.3C2H6/c1-14(2)8-9-24-10-12-25(13-11-24)17-7-6-16(15(3)4)19(26-5)18(17)20(21,22)23;3*1-2/h6-7,14-15H,8-13H2,1-5H3;3*1-2H3. The first-order valence-electron chi connectivity index (χ1n) is 12.4. The van der Waals surface area contributed by atoms with E-state index in [1.807, 2.05) is 60.3 Å². The Morgan fingerprint density at radius 2 is 1.38 bits per heavy atom. The molecule has 0 bridgehead atoms. The van der Waals surface area contributed by atoms with Gasteiger partial charge in [0, 0.05) is 26.2 Å². The summed E-state index contributed by atoms with van der Waals surface area (Å²) < 4.78 is 46.8. The van der Waals surface area contributed by atoms with Crippen LogP contribution in [0.4, 0.5) is 18.9 Å². The summed E-state index contributed by atoms with van der Waals surface area (Å²) >= 11 is 0. The molecule has 0 aliphatic carbocycles. The topological polar surface area (TPSA) is 15.7 Å². The van der Waals surface area contributed by atoms with Gasteiger partial charge in [0.1, 0.15) is 11.3 Å². The summed E-state index contributed by atoms with van der Waals surface area (Å²) in [6, 6.07) is 3.39. The predicted molar refractivity (Wildman–Crippen MR) is 134 cm³/mol. The lowest BCUT2D eigenvalue weighted by atomic mass is 9.96. The van der Waals surface area contributed by atoms with E-state index >= 15 is 0 Å². The van der Waals surface area contributed by atoms with Crippen LogP contribution in [0.2, 0.25) is 0 Å². The highest BCUT2D eigenvalue weighted by Crippen LogP contribution is 2.46. The quantitative estimate of drug-likeness (QED) is 0.425. The van der Waals surface area contributed by atoms with Crippen LogP contribution in [0.25, 0.3) is 0 Å². The zero-order valence-corrected chi connectivity index (χ0v) is 22.5. The van der Waals surface area contributed by atoms with Crippen molar-refractivity contribution >= 4 is 5.69 Å². The first kappa shape index (κ1) is 32.7. The highest BCUT2D eigenvalue weighted by molar-refractivity contribution is 5.64. The van der Waals surface area contributed by atoms with Crippen molar-refractivity contribution in [3.63, 3.8) is 0 Å². The summed E-state index contributed by atoms with van der Waals surface area (Å²) in [7, 11) is 1.32. The maximum atomic E-state index is 13.9. The van der Waals surface area contributed by atoms with Crippen LogP contribution in [-0.2, 0) is 6.18 Å². The van der Waals surface area contributed by atoms with E-state index in [2.05, 4.69) is 18.7 Å². The van der Waals surface area contributed by atoms with Gasteiger partial charge in [0.15, 0.2) is 0 Å². The fraction of sp³-hybridized carbons (Fsp3) is 0.769.